The van der Waals surface area contributed by atoms with Crippen molar-refractivity contribution in [1.29, 1.82) is 0 Å². The van der Waals surface area contributed by atoms with Crippen molar-refractivity contribution in [2.75, 3.05) is 19.6 Å². The zero-order valence-electron chi connectivity index (χ0n) is 18.2. The van der Waals surface area contributed by atoms with Gasteiger partial charge in [-0.25, -0.2) is 8.42 Å². The molecule has 1 fully saturated rings. The SMILES string of the molecule is CCCN1C(=O)CN(S(=O)(=O)c2ccc(C)cc2)C[C@]1(C)C(=O)NCc1ccccc1. The maximum absolute atomic E-state index is 13.3. The van der Waals surface area contributed by atoms with Crippen molar-refractivity contribution in [3.8, 4) is 0 Å². The van der Waals surface area contributed by atoms with Crippen LogP contribution in [0.15, 0.2) is 59.5 Å². The molecule has 3 rings (SSSR count). The molecular weight excluding hydrogens is 414 g/mol. The van der Waals surface area contributed by atoms with E-state index in [2.05, 4.69) is 5.32 Å². The number of hydrogen-bond donors (Lipinski definition) is 1. The van der Waals surface area contributed by atoms with E-state index in [-0.39, 0.29) is 29.8 Å². The van der Waals surface area contributed by atoms with Crippen LogP contribution < -0.4 is 5.32 Å². The average Bonchev–Trinajstić information content (AvgIpc) is 2.75. The summed E-state index contributed by atoms with van der Waals surface area (Å²) in [5, 5.41) is 2.88. The number of sulfonamides is 1. The van der Waals surface area contributed by atoms with Crippen LogP contribution in [0.3, 0.4) is 0 Å². The van der Waals surface area contributed by atoms with Crippen LogP contribution in [0, 0.1) is 6.92 Å². The molecule has 2 aromatic carbocycles. The topological polar surface area (TPSA) is 86.8 Å². The van der Waals surface area contributed by atoms with E-state index >= 15 is 0 Å². The average molecular weight is 444 g/mol. The Hall–Kier alpha value is -2.71. The predicted molar refractivity (Wildman–Crippen MR) is 119 cm³/mol. The standard InChI is InChI=1S/C23H29N3O4S/c1-4-14-26-21(27)16-25(31(29,30)20-12-10-18(2)11-13-20)17-23(26,3)22(28)24-15-19-8-6-5-7-9-19/h5-13H,4,14-17H2,1-3H3,(H,24,28)/t23-/m1/s1. The maximum Gasteiger partial charge on any atom is 0.247 e. The lowest BCUT2D eigenvalue weighted by Gasteiger charge is -2.46. The van der Waals surface area contributed by atoms with Gasteiger partial charge in [0.05, 0.1) is 11.4 Å². The number of nitrogens with zero attached hydrogens (tertiary/aromatic N) is 2. The van der Waals surface area contributed by atoms with E-state index < -0.39 is 15.6 Å². The van der Waals surface area contributed by atoms with Gasteiger partial charge in [0.15, 0.2) is 0 Å². The Bertz CT molecular complexity index is 1040. The van der Waals surface area contributed by atoms with Crippen molar-refractivity contribution in [2.24, 2.45) is 0 Å². The maximum atomic E-state index is 13.3. The fraction of sp³-hybridized carbons (Fsp3) is 0.391. The van der Waals surface area contributed by atoms with Gasteiger partial charge in [0, 0.05) is 19.6 Å². The number of benzene rings is 2. The number of hydrogen-bond acceptors (Lipinski definition) is 4. The summed E-state index contributed by atoms with van der Waals surface area (Å²) in [5.41, 5.74) is 0.554. The van der Waals surface area contributed by atoms with E-state index in [4.69, 9.17) is 0 Å². The smallest absolute Gasteiger partial charge is 0.247 e. The molecule has 166 valence electrons. The lowest BCUT2D eigenvalue weighted by Crippen LogP contribution is -2.69. The van der Waals surface area contributed by atoms with Crippen molar-refractivity contribution < 1.29 is 18.0 Å². The number of aryl methyl sites for hydroxylation is 1. The van der Waals surface area contributed by atoms with Crippen LogP contribution in [0.1, 0.15) is 31.4 Å². The summed E-state index contributed by atoms with van der Waals surface area (Å²) < 4.78 is 27.6. The minimum absolute atomic E-state index is 0.102. The molecule has 0 radical (unpaired) electrons. The second-order valence-electron chi connectivity index (χ2n) is 8.07. The summed E-state index contributed by atoms with van der Waals surface area (Å²) in [5.74, 6) is -0.747. The molecule has 1 N–H and O–H groups in total. The Kier molecular flexibility index (Phi) is 6.81. The Morgan fingerprint density at radius 3 is 2.35 bits per heavy atom. The van der Waals surface area contributed by atoms with E-state index in [1.165, 1.54) is 17.0 Å². The Morgan fingerprint density at radius 2 is 1.74 bits per heavy atom. The lowest BCUT2D eigenvalue weighted by atomic mass is 9.95. The quantitative estimate of drug-likeness (QED) is 0.712. The Labute approximate surface area is 184 Å². The minimum Gasteiger partial charge on any atom is -0.350 e. The zero-order chi connectivity index (χ0) is 22.6. The molecule has 0 unspecified atom stereocenters. The Morgan fingerprint density at radius 1 is 1.10 bits per heavy atom. The number of amides is 2. The van der Waals surface area contributed by atoms with Crippen LogP contribution in [0.5, 0.6) is 0 Å². The molecular formula is C23H29N3O4S. The van der Waals surface area contributed by atoms with E-state index in [1.54, 1.807) is 19.1 Å². The largest absolute Gasteiger partial charge is 0.350 e. The molecule has 31 heavy (non-hydrogen) atoms. The number of nitrogens with one attached hydrogen (secondary N) is 1. The number of piperazine rings is 1. The van der Waals surface area contributed by atoms with Gasteiger partial charge in [-0.2, -0.15) is 4.31 Å². The Balaban J connectivity index is 1.88. The summed E-state index contributed by atoms with van der Waals surface area (Å²) in [6.45, 7) is 5.73. The predicted octanol–water partition coefficient (Wildman–Crippen LogP) is 2.31. The van der Waals surface area contributed by atoms with Crippen LogP contribution in [0.25, 0.3) is 0 Å². The first-order chi connectivity index (χ1) is 14.7. The molecule has 1 atom stereocenters. The van der Waals surface area contributed by atoms with Gasteiger partial charge in [-0.3, -0.25) is 9.59 Å². The van der Waals surface area contributed by atoms with Crippen LogP contribution in [0.4, 0.5) is 0 Å². The monoisotopic (exact) mass is 443 g/mol. The van der Waals surface area contributed by atoms with Crippen molar-refractivity contribution in [1.82, 2.24) is 14.5 Å². The molecule has 0 bridgehead atoms. The first-order valence-corrected chi connectivity index (χ1v) is 11.8. The van der Waals surface area contributed by atoms with Gasteiger partial charge in [0.25, 0.3) is 0 Å². The highest BCUT2D eigenvalue weighted by molar-refractivity contribution is 7.89. The molecule has 0 spiro atoms. The third-order valence-electron chi connectivity index (χ3n) is 5.58. The van der Waals surface area contributed by atoms with Gasteiger partial charge in [-0.1, -0.05) is 55.0 Å². The first-order valence-electron chi connectivity index (χ1n) is 10.4. The van der Waals surface area contributed by atoms with Crippen molar-refractivity contribution in [2.45, 2.75) is 44.2 Å². The third-order valence-corrected chi connectivity index (χ3v) is 7.39. The summed E-state index contributed by atoms with van der Waals surface area (Å²) in [6.07, 6.45) is 0.665. The summed E-state index contributed by atoms with van der Waals surface area (Å²) in [6, 6.07) is 15.9. The number of carbonyl (C=O) groups is 2. The van der Waals surface area contributed by atoms with Gasteiger partial charge in [-0.15, -0.1) is 0 Å². The molecule has 0 saturated carbocycles. The van der Waals surface area contributed by atoms with E-state index in [9.17, 15) is 18.0 Å². The van der Waals surface area contributed by atoms with Crippen LogP contribution in [-0.4, -0.2) is 54.6 Å². The van der Waals surface area contributed by atoms with E-state index in [0.29, 0.717) is 19.5 Å². The van der Waals surface area contributed by atoms with Crippen molar-refractivity contribution >= 4 is 21.8 Å². The van der Waals surface area contributed by atoms with Gasteiger partial charge in [0.2, 0.25) is 21.8 Å². The molecule has 0 aliphatic carbocycles. The normalized spacial score (nSPS) is 20.0. The van der Waals surface area contributed by atoms with Crippen LogP contribution in [-0.2, 0) is 26.2 Å². The minimum atomic E-state index is -3.92. The number of rotatable bonds is 7. The van der Waals surface area contributed by atoms with Gasteiger partial charge in [0.1, 0.15) is 5.54 Å². The fourth-order valence-electron chi connectivity index (χ4n) is 3.78. The number of carbonyl (C=O) groups excluding carboxylic acids is 2. The van der Waals surface area contributed by atoms with Crippen molar-refractivity contribution in [3.05, 3.63) is 65.7 Å². The van der Waals surface area contributed by atoms with Gasteiger partial charge in [-0.05, 0) is 38.0 Å². The summed E-state index contributed by atoms with van der Waals surface area (Å²) in [7, 11) is -3.92. The molecule has 2 aromatic rings. The summed E-state index contributed by atoms with van der Waals surface area (Å²) >= 11 is 0. The molecule has 1 aliphatic rings. The molecule has 2 amide bonds. The highest BCUT2D eigenvalue weighted by Gasteiger charge is 2.49. The van der Waals surface area contributed by atoms with Gasteiger partial charge < -0.3 is 10.2 Å². The van der Waals surface area contributed by atoms with Gasteiger partial charge >= 0.3 is 0 Å². The molecule has 0 aromatic heterocycles. The molecule has 1 heterocycles. The molecule has 1 saturated heterocycles. The molecule has 7 nitrogen and oxygen atoms in total. The van der Waals surface area contributed by atoms with Crippen LogP contribution >= 0.6 is 0 Å². The highest BCUT2D eigenvalue weighted by atomic mass is 32.2. The van der Waals surface area contributed by atoms with E-state index in [1.807, 2.05) is 44.2 Å². The second-order valence-corrected chi connectivity index (χ2v) is 10.0. The molecule has 1 aliphatic heterocycles. The highest BCUT2D eigenvalue weighted by Crippen LogP contribution is 2.28. The third kappa shape index (κ3) is 4.80. The molecule has 8 heteroatoms. The van der Waals surface area contributed by atoms with E-state index in [0.717, 1.165) is 15.4 Å². The first kappa shape index (κ1) is 23.0. The lowest BCUT2D eigenvalue weighted by molar-refractivity contribution is -0.152. The zero-order valence-corrected chi connectivity index (χ0v) is 19.0. The summed E-state index contributed by atoms with van der Waals surface area (Å²) in [4.78, 5) is 27.8. The van der Waals surface area contributed by atoms with Crippen molar-refractivity contribution in [3.63, 3.8) is 0 Å². The second kappa shape index (κ2) is 9.20. The fourth-order valence-corrected chi connectivity index (χ4v) is 5.26. The van der Waals surface area contributed by atoms with Crippen LogP contribution in [0.2, 0.25) is 0 Å².